The molecule has 0 amide bonds. The van der Waals surface area contributed by atoms with Gasteiger partial charge in [-0.3, -0.25) is 14.6 Å². The van der Waals surface area contributed by atoms with E-state index in [4.69, 9.17) is 4.74 Å². The molecule has 1 N–H and O–H groups in total. The lowest BCUT2D eigenvalue weighted by atomic mass is 10.2. The molecular formula is C16H30N6O. The van der Waals surface area contributed by atoms with E-state index in [1.165, 1.54) is 5.56 Å². The van der Waals surface area contributed by atoms with E-state index < -0.39 is 0 Å². The summed E-state index contributed by atoms with van der Waals surface area (Å²) in [5.74, 6) is 0.904. The molecule has 1 aromatic rings. The molecule has 0 aliphatic carbocycles. The van der Waals surface area contributed by atoms with E-state index in [9.17, 15) is 0 Å². The third kappa shape index (κ3) is 4.94. The maximum atomic E-state index is 5.51. The van der Waals surface area contributed by atoms with Crippen molar-refractivity contribution in [3.8, 4) is 0 Å². The Morgan fingerprint density at radius 3 is 3.00 bits per heavy atom. The monoisotopic (exact) mass is 322 g/mol. The SMILES string of the molecule is CN=C(NCC(C)N1CCOCC1C)N(C)Cc1cnn(C)c1. The van der Waals surface area contributed by atoms with Gasteiger partial charge in [0.25, 0.3) is 0 Å². The van der Waals surface area contributed by atoms with Crippen LogP contribution in [-0.2, 0) is 18.3 Å². The normalized spacial score (nSPS) is 21.3. The first-order chi connectivity index (χ1) is 11.0. The summed E-state index contributed by atoms with van der Waals surface area (Å²) in [5, 5.41) is 7.69. The molecule has 1 aliphatic heterocycles. The summed E-state index contributed by atoms with van der Waals surface area (Å²) >= 11 is 0. The van der Waals surface area contributed by atoms with Gasteiger partial charge in [-0.25, -0.2) is 0 Å². The Kier molecular flexibility index (Phi) is 6.41. The van der Waals surface area contributed by atoms with Crippen LogP contribution in [0.4, 0.5) is 0 Å². The molecule has 7 heteroatoms. The maximum Gasteiger partial charge on any atom is 0.193 e. The van der Waals surface area contributed by atoms with E-state index in [0.717, 1.165) is 38.8 Å². The molecule has 0 spiro atoms. The van der Waals surface area contributed by atoms with Gasteiger partial charge in [-0.15, -0.1) is 0 Å². The smallest absolute Gasteiger partial charge is 0.193 e. The van der Waals surface area contributed by atoms with E-state index in [0.29, 0.717) is 12.1 Å². The number of aliphatic imine (C=N–C) groups is 1. The molecule has 23 heavy (non-hydrogen) atoms. The van der Waals surface area contributed by atoms with Crippen LogP contribution in [0.15, 0.2) is 17.4 Å². The molecule has 1 aliphatic rings. The summed E-state index contributed by atoms with van der Waals surface area (Å²) in [6, 6.07) is 0.910. The van der Waals surface area contributed by atoms with Gasteiger partial charge < -0.3 is 15.0 Å². The van der Waals surface area contributed by atoms with E-state index in [1.807, 2.05) is 38.2 Å². The van der Waals surface area contributed by atoms with Crippen LogP contribution in [0.3, 0.4) is 0 Å². The second-order valence-corrected chi connectivity index (χ2v) is 6.32. The van der Waals surface area contributed by atoms with Crippen molar-refractivity contribution >= 4 is 5.96 Å². The van der Waals surface area contributed by atoms with Crippen molar-refractivity contribution in [2.75, 3.05) is 40.4 Å². The second kappa shape index (κ2) is 8.31. The third-order valence-corrected chi connectivity index (χ3v) is 4.29. The van der Waals surface area contributed by atoms with Crippen molar-refractivity contribution in [2.45, 2.75) is 32.5 Å². The van der Waals surface area contributed by atoms with Gasteiger partial charge >= 0.3 is 0 Å². The fourth-order valence-corrected chi connectivity index (χ4v) is 3.04. The van der Waals surface area contributed by atoms with E-state index in [1.54, 1.807) is 0 Å². The lowest BCUT2D eigenvalue weighted by Crippen LogP contribution is -2.53. The Morgan fingerprint density at radius 2 is 2.39 bits per heavy atom. The van der Waals surface area contributed by atoms with E-state index in [2.05, 4.69) is 39.1 Å². The Bertz CT molecular complexity index is 514. The number of aryl methyl sites for hydroxylation is 1. The number of nitrogens with one attached hydrogen (secondary N) is 1. The molecule has 0 radical (unpaired) electrons. The molecule has 2 rings (SSSR count). The predicted molar refractivity (Wildman–Crippen MR) is 92.5 cm³/mol. The minimum Gasteiger partial charge on any atom is -0.379 e. The van der Waals surface area contributed by atoms with Crippen LogP contribution in [-0.4, -0.2) is 78.0 Å². The van der Waals surface area contributed by atoms with Crippen molar-refractivity contribution in [3.05, 3.63) is 18.0 Å². The highest BCUT2D eigenvalue weighted by molar-refractivity contribution is 5.79. The van der Waals surface area contributed by atoms with Crippen molar-refractivity contribution in [1.29, 1.82) is 0 Å². The van der Waals surface area contributed by atoms with Crippen LogP contribution in [0.2, 0.25) is 0 Å². The lowest BCUT2D eigenvalue weighted by molar-refractivity contribution is -0.0175. The summed E-state index contributed by atoms with van der Waals surface area (Å²) in [5.41, 5.74) is 1.17. The molecule has 0 aromatic carbocycles. The highest BCUT2D eigenvalue weighted by Gasteiger charge is 2.23. The number of guanidine groups is 1. The molecule has 2 heterocycles. The average molecular weight is 322 g/mol. The number of nitrogens with zero attached hydrogens (tertiary/aromatic N) is 5. The molecule has 1 saturated heterocycles. The Morgan fingerprint density at radius 1 is 1.61 bits per heavy atom. The zero-order valence-corrected chi connectivity index (χ0v) is 15.0. The predicted octanol–water partition coefficient (Wildman–Crippen LogP) is 0.537. The highest BCUT2D eigenvalue weighted by atomic mass is 16.5. The Hall–Kier alpha value is -1.60. The van der Waals surface area contributed by atoms with Gasteiger partial charge in [0.15, 0.2) is 5.96 Å². The van der Waals surface area contributed by atoms with Crippen LogP contribution < -0.4 is 5.32 Å². The lowest BCUT2D eigenvalue weighted by Gasteiger charge is -2.38. The minimum absolute atomic E-state index is 0.442. The zero-order valence-electron chi connectivity index (χ0n) is 15.0. The van der Waals surface area contributed by atoms with Gasteiger partial charge in [0.05, 0.1) is 19.4 Å². The minimum atomic E-state index is 0.442. The summed E-state index contributed by atoms with van der Waals surface area (Å²) in [6.07, 6.45) is 3.92. The molecule has 1 fully saturated rings. The molecule has 7 nitrogen and oxygen atoms in total. The summed E-state index contributed by atoms with van der Waals surface area (Å²) < 4.78 is 7.33. The fourth-order valence-electron chi connectivity index (χ4n) is 3.04. The molecule has 130 valence electrons. The van der Waals surface area contributed by atoms with Crippen LogP contribution in [0, 0.1) is 0 Å². The number of hydrogen-bond acceptors (Lipinski definition) is 4. The van der Waals surface area contributed by atoms with Crippen LogP contribution in [0.25, 0.3) is 0 Å². The number of ether oxygens (including phenoxy) is 1. The first kappa shape index (κ1) is 17.7. The number of rotatable bonds is 5. The zero-order chi connectivity index (χ0) is 16.8. The van der Waals surface area contributed by atoms with Gasteiger partial charge in [-0.2, -0.15) is 5.10 Å². The summed E-state index contributed by atoms with van der Waals surface area (Å²) in [4.78, 5) is 9.00. The second-order valence-electron chi connectivity index (χ2n) is 6.32. The average Bonchev–Trinajstić information content (AvgIpc) is 2.93. The van der Waals surface area contributed by atoms with Gasteiger partial charge in [0.1, 0.15) is 0 Å². The largest absolute Gasteiger partial charge is 0.379 e. The fraction of sp³-hybridized carbons (Fsp3) is 0.750. The molecule has 1 aromatic heterocycles. The van der Waals surface area contributed by atoms with Crippen molar-refractivity contribution in [3.63, 3.8) is 0 Å². The standard InChI is InChI=1S/C16H30N6O/c1-13(22-6-7-23-12-14(22)2)8-18-16(17-3)20(4)10-15-9-19-21(5)11-15/h9,11,13-14H,6-8,10,12H2,1-5H3,(H,17,18). The first-order valence-electron chi connectivity index (χ1n) is 8.24. The van der Waals surface area contributed by atoms with Gasteiger partial charge in [0.2, 0.25) is 0 Å². The van der Waals surface area contributed by atoms with E-state index in [-0.39, 0.29) is 0 Å². The Balaban J connectivity index is 1.84. The quantitative estimate of drug-likeness (QED) is 0.633. The van der Waals surface area contributed by atoms with Crippen LogP contribution in [0.1, 0.15) is 19.4 Å². The number of hydrogen-bond donors (Lipinski definition) is 1. The highest BCUT2D eigenvalue weighted by Crippen LogP contribution is 2.10. The van der Waals surface area contributed by atoms with Crippen molar-refractivity contribution in [1.82, 2.24) is 24.9 Å². The maximum absolute atomic E-state index is 5.51. The van der Waals surface area contributed by atoms with Gasteiger partial charge in [0, 0.05) is 64.6 Å². The molecule has 0 saturated carbocycles. The van der Waals surface area contributed by atoms with Crippen LogP contribution >= 0.6 is 0 Å². The molecular weight excluding hydrogens is 292 g/mol. The van der Waals surface area contributed by atoms with E-state index >= 15 is 0 Å². The van der Waals surface area contributed by atoms with Crippen molar-refractivity contribution in [2.24, 2.45) is 12.0 Å². The molecule has 2 atom stereocenters. The van der Waals surface area contributed by atoms with Crippen LogP contribution in [0.5, 0.6) is 0 Å². The first-order valence-corrected chi connectivity index (χ1v) is 8.24. The summed E-state index contributed by atoms with van der Waals surface area (Å²) in [7, 11) is 5.80. The number of aromatic nitrogens is 2. The molecule has 0 bridgehead atoms. The Labute approximate surface area is 139 Å². The van der Waals surface area contributed by atoms with Crippen molar-refractivity contribution < 1.29 is 4.74 Å². The van der Waals surface area contributed by atoms with Gasteiger partial charge in [-0.05, 0) is 13.8 Å². The van der Waals surface area contributed by atoms with Gasteiger partial charge in [-0.1, -0.05) is 0 Å². The third-order valence-electron chi connectivity index (χ3n) is 4.29. The molecule has 2 unspecified atom stereocenters. The summed E-state index contributed by atoms with van der Waals surface area (Å²) in [6.45, 7) is 8.77. The topological polar surface area (TPSA) is 57.9 Å². The number of morpholine rings is 1.